The van der Waals surface area contributed by atoms with Crippen molar-refractivity contribution in [3.63, 3.8) is 0 Å². The summed E-state index contributed by atoms with van der Waals surface area (Å²) in [6.45, 7) is -0.560. The molecule has 0 fully saturated rings. The minimum absolute atomic E-state index is 0.165. The number of benzene rings is 2. The van der Waals surface area contributed by atoms with Crippen molar-refractivity contribution in [3.05, 3.63) is 53.6 Å². The maximum atomic E-state index is 11.7. The molecular weight excluding hydrogens is 300 g/mol. The lowest BCUT2D eigenvalue weighted by Gasteiger charge is -2.08. The van der Waals surface area contributed by atoms with Gasteiger partial charge in [-0.15, -0.1) is 0 Å². The van der Waals surface area contributed by atoms with Gasteiger partial charge in [0.1, 0.15) is 17.1 Å². The predicted molar refractivity (Wildman–Crippen MR) is 79.8 cm³/mol. The summed E-state index contributed by atoms with van der Waals surface area (Å²) in [6.07, 6.45) is 0. The molecule has 23 heavy (non-hydrogen) atoms. The summed E-state index contributed by atoms with van der Waals surface area (Å²) in [5.41, 5.74) is 0.619. The van der Waals surface area contributed by atoms with Gasteiger partial charge in [0.15, 0.2) is 6.61 Å². The molecule has 116 valence electrons. The smallest absolute Gasteiger partial charge is 0.342 e. The van der Waals surface area contributed by atoms with Crippen LogP contribution in [0.2, 0.25) is 0 Å². The van der Waals surface area contributed by atoms with Gasteiger partial charge >= 0.3 is 5.97 Å². The molecule has 0 saturated heterocycles. The number of nitriles is 1. The highest BCUT2D eigenvalue weighted by Crippen LogP contribution is 2.23. The Bertz CT molecular complexity index is 795. The van der Waals surface area contributed by atoms with Gasteiger partial charge in [0.05, 0.1) is 11.6 Å². The van der Waals surface area contributed by atoms with Crippen molar-refractivity contribution in [2.24, 2.45) is 0 Å². The molecule has 0 aliphatic carbocycles. The maximum Gasteiger partial charge on any atom is 0.342 e. The van der Waals surface area contributed by atoms with Gasteiger partial charge in [0.2, 0.25) is 0 Å². The van der Waals surface area contributed by atoms with E-state index in [0.717, 1.165) is 6.07 Å². The summed E-state index contributed by atoms with van der Waals surface area (Å²) in [6, 6.07) is 11.6. The second-order valence-corrected chi connectivity index (χ2v) is 4.52. The van der Waals surface area contributed by atoms with Crippen LogP contribution in [-0.4, -0.2) is 28.7 Å². The standard InChI is InChI=1S/C16H12N2O5/c17-8-10-2-1-3-11(6-10)18-15(21)9-23-16(22)13-5-4-12(19)7-14(13)20/h1-7,19-20H,9H2,(H,18,21). The van der Waals surface area contributed by atoms with E-state index in [4.69, 9.17) is 15.1 Å². The van der Waals surface area contributed by atoms with Crippen LogP contribution in [0, 0.1) is 11.3 Å². The van der Waals surface area contributed by atoms with Crippen LogP contribution in [0.4, 0.5) is 5.69 Å². The summed E-state index contributed by atoms with van der Waals surface area (Å²) >= 11 is 0. The van der Waals surface area contributed by atoms with Crippen LogP contribution in [-0.2, 0) is 9.53 Å². The largest absolute Gasteiger partial charge is 0.508 e. The van der Waals surface area contributed by atoms with Gasteiger partial charge in [-0.25, -0.2) is 4.79 Å². The molecular formula is C16H12N2O5. The Morgan fingerprint density at radius 1 is 1.17 bits per heavy atom. The number of aromatic hydroxyl groups is 2. The fourth-order valence-corrected chi connectivity index (χ4v) is 1.77. The molecule has 7 heteroatoms. The molecule has 0 aliphatic rings. The summed E-state index contributed by atoms with van der Waals surface area (Å²) in [5, 5.41) is 29.9. The number of nitrogens with one attached hydrogen (secondary N) is 1. The van der Waals surface area contributed by atoms with Crippen LogP contribution in [0.5, 0.6) is 11.5 Å². The molecule has 0 spiro atoms. The third-order valence-electron chi connectivity index (χ3n) is 2.81. The second kappa shape index (κ2) is 6.95. The number of anilines is 1. The van der Waals surface area contributed by atoms with E-state index < -0.39 is 24.2 Å². The van der Waals surface area contributed by atoms with Gasteiger partial charge in [-0.3, -0.25) is 4.79 Å². The third-order valence-corrected chi connectivity index (χ3v) is 2.81. The number of carbonyl (C=O) groups is 2. The number of phenolic OH excluding ortho intramolecular Hbond substituents is 2. The quantitative estimate of drug-likeness (QED) is 0.740. The number of esters is 1. The molecule has 0 heterocycles. The van der Waals surface area contributed by atoms with Crippen LogP contribution < -0.4 is 5.32 Å². The van der Waals surface area contributed by atoms with Crippen molar-refractivity contribution in [2.45, 2.75) is 0 Å². The highest BCUT2D eigenvalue weighted by atomic mass is 16.5. The first-order valence-electron chi connectivity index (χ1n) is 6.48. The highest BCUT2D eigenvalue weighted by Gasteiger charge is 2.15. The fourth-order valence-electron chi connectivity index (χ4n) is 1.77. The van der Waals surface area contributed by atoms with E-state index in [1.54, 1.807) is 18.2 Å². The number of phenols is 2. The molecule has 7 nitrogen and oxygen atoms in total. The van der Waals surface area contributed by atoms with E-state index >= 15 is 0 Å². The normalized spacial score (nSPS) is 9.70. The fraction of sp³-hybridized carbons (Fsp3) is 0.0625. The van der Waals surface area contributed by atoms with Crippen molar-refractivity contribution in [3.8, 4) is 17.6 Å². The Kier molecular flexibility index (Phi) is 4.79. The zero-order chi connectivity index (χ0) is 16.8. The number of nitrogens with zero attached hydrogens (tertiary/aromatic N) is 1. The molecule has 1 amide bonds. The molecule has 0 unspecified atom stereocenters. The zero-order valence-corrected chi connectivity index (χ0v) is 11.8. The summed E-state index contributed by atoms with van der Waals surface area (Å²) in [4.78, 5) is 23.5. The van der Waals surface area contributed by atoms with Crippen molar-refractivity contribution in [1.82, 2.24) is 0 Å². The van der Waals surface area contributed by atoms with Gasteiger partial charge in [-0.2, -0.15) is 5.26 Å². The third kappa shape index (κ3) is 4.22. The van der Waals surface area contributed by atoms with Crippen LogP contribution in [0.15, 0.2) is 42.5 Å². The molecule has 0 bridgehead atoms. The summed E-state index contributed by atoms with van der Waals surface area (Å²) < 4.78 is 4.78. The molecule has 2 aromatic rings. The van der Waals surface area contributed by atoms with Crippen molar-refractivity contribution in [2.75, 3.05) is 11.9 Å². The van der Waals surface area contributed by atoms with E-state index in [-0.39, 0.29) is 11.3 Å². The Hall–Kier alpha value is -3.53. The number of rotatable bonds is 4. The van der Waals surface area contributed by atoms with Crippen LogP contribution >= 0.6 is 0 Å². The van der Waals surface area contributed by atoms with Crippen molar-refractivity contribution >= 4 is 17.6 Å². The maximum absolute atomic E-state index is 11.7. The van der Waals surface area contributed by atoms with E-state index in [1.165, 1.54) is 18.2 Å². The average molecular weight is 312 g/mol. The van der Waals surface area contributed by atoms with Crippen molar-refractivity contribution in [1.29, 1.82) is 5.26 Å². The van der Waals surface area contributed by atoms with Crippen molar-refractivity contribution < 1.29 is 24.5 Å². The lowest BCUT2D eigenvalue weighted by molar-refractivity contribution is -0.119. The SMILES string of the molecule is N#Cc1cccc(NC(=O)COC(=O)c2ccc(O)cc2O)c1. The molecule has 2 aromatic carbocycles. The number of ether oxygens (including phenoxy) is 1. The molecule has 0 atom stereocenters. The second-order valence-electron chi connectivity index (χ2n) is 4.52. The average Bonchev–Trinajstić information content (AvgIpc) is 2.53. The zero-order valence-electron chi connectivity index (χ0n) is 11.8. The first kappa shape index (κ1) is 15.9. The summed E-state index contributed by atoms with van der Waals surface area (Å²) in [5.74, 6) is -2.14. The van der Waals surface area contributed by atoms with Gasteiger partial charge in [-0.05, 0) is 30.3 Å². The minimum atomic E-state index is -0.900. The number of hydrogen-bond acceptors (Lipinski definition) is 6. The molecule has 0 radical (unpaired) electrons. The first-order chi connectivity index (χ1) is 11.0. The van der Waals surface area contributed by atoms with Crippen LogP contribution in [0.3, 0.4) is 0 Å². The highest BCUT2D eigenvalue weighted by molar-refractivity contribution is 5.96. The van der Waals surface area contributed by atoms with Gasteiger partial charge in [-0.1, -0.05) is 6.07 Å². The van der Waals surface area contributed by atoms with E-state index in [9.17, 15) is 14.7 Å². The Balaban J connectivity index is 1.93. The Labute approximate surface area is 131 Å². The monoisotopic (exact) mass is 312 g/mol. The number of hydrogen-bond donors (Lipinski definition) is 3. The number of carbonyl (C=O) groups excluding carboxylic acids is 2. The molecule has 0 aliphatic heterocycles. The summed E-state index contributed by atoms with van der Waals surface area (Å²) in [7, 11) is 0. The molecule has 0 saturated carbocycles. The van der Waals surface area contributed by atoms with E-state index in [2.05, 4.69) is 5.32 Å². The first-order valence-corrected chi connectivity index (χ1v) is 6.48. The molecule has 2 rings (SSSR count). The Morgan fingerprint density at radius 2 is 1.96 bits per heavy atom. The van der Waals surface area contributed by atoms with Gasteiger partial charge < -0.3 is 20.3 Å². The Morgan fingerprint density at radius 3 is 2.65 bits per heavy atom. The predicted octanol–water partition coefficient (Wildman–Crippen LogP) is 1.76. The minimum Gasteiger partial charge on any atom is -0.508 e. The van der Waals surface area contributed by atoms with Crippen LogP contribution in [0.25, 0.3) is 0 Å². The topological polar surface area (TPSA) is 120 Å². The lowest BCUT2D eigenvalue weighted by atomic mass is 10.2. The van der Waals surface area contributed by atoms with E-state index in [0.29, 0.717) is 11.3 Å². The molecule has 0 aromatic heterocycles. The molecule has 3 N–H and O–H groups in total. The van der Waals surface area contributed by atoms with Gasteiger partial charge in [0, 0.05) is 11.8 Å². The van der Waals surface area contributed by atoms with E-state index in [1.807, 2.05) is 6.07 Å². The lowest BCUT2D eigenvalue weighted by Crippen LogP contribution is -2.21. The van der Waals surface area contributed by atoms with Crippen LogP contribution in [0.1, 0.15) is 15.9 Å². The number of amides is 1. The van der Waals surface area contributed by atoms with Gasteiger partial charge in [0.25, 0.3) is 5.91 Å².